The Morgan fingerprint density at radius 3 is 2.92 bits per heavy atom. The van der Waals surface area contributed by atoms with E-state index in [4.69, 9.17) is 14.4 Å². The summed E-state index contributed by atoms with van der Waals surface area (Å²) in [6.07, 6.45) is 2.85. The van der Waals surface area contributed by atoms with E-state index in [9.17, 15) is 4.79 Å². The van der Waals surface area contributed by atoms with Crippen molar-refractivity contribution in [2.75, 3.05) is 26.8 Å². The summed E-state index contributed by atoms with van der Waals surface area (Å²) in [7, 11) is 1.65. The van der Waals surface area contributed by atoms with E-state index in [1.165, 1.54) is 5.56 Å². The number of nitrogens with zero attached hydrogens (tertiary/aromatic N) is 3. The van der Waals surface area contributed by atoms with Crippen LogP contribution in [0.3, 0.4) is 0 Å². The summed E-state index contributed by atoms with van der Waals surface area (Å²) in [6, 6.07) is 7.20. The van der Waals surface area contributed by atoms with E-state index in [1.54, 1.807) is 19.2 Å². The smallest absolute Gasteiger partial charge is 0.335 e. The van der Waals surface area contributed by atoms with Crippen LogP contribution in [0.2, 0.25) is 0 Å². The second-order valence-corrected chi connectivity index (χ2v) is 6.35. The first-order valence-corrected chi connectivity index (χ1v) is 8.51. The van der Waals surface area contributed by atoms with Crippen molar-refractivity contribution in [3.05, 3.63) is 47.1 Å². The zero-order chi connectivity index (χ0) is 17.6. The van der Waals surface area contributed by atoms with Crippen LogP contribution in [-0.2, 0) is 17.7 Å². The summed E-state index contributed by atoms with van der Waals surface area (Å²) < 4.78 is 10.3. The van der Waals surface area contributed by atoms with Crippen molar-refractivity contribution in [3.8, 4) is 0 Å². The van der Waals surface area contributed by atoms with Gasteiger partial charge in [0.2, 0.25) is 5.89 Å². The maximum absolute atomic E-state index is 11.0. The molecule has 1 aliphatic heterocycles. The van der Waals surface area contributed by atoms with Gasteiger partial charge in [-0.3, -0.25) is 4.90 Å². The minimum absolute atomic E-state index is 0.325. The summed E-state index contributed by atoms with van der Waals surface area (Å²) >= 11 is 0. The molecule has 0 bridgehead atoms. The average Bonchev–Trinajstić information content (AvgIpc) is 3.07. The third kappa shape index (κ3) is 4.64. The molecule has 1 saturated heterocycles. The largest absolute Gasteiger partial charge is 0.478 e. The fourth-order valence-electron chi connectivity index (χ4n) is 3.21. The summed E-state index contributed by atoms with van der Waals surface area (Å²) in [6.45, 7) is 3.13. The van der Waals surface area contributed by atoms with Gasteiger partial charge >= 0.3 is 5.97 Å². The van der Waals surface area contributed by atoms with Crippen LogP contribution in [0.4, 0.5) is 0 Å². The SMILES string of the molecule is COCCc1noc(CN2CCC[C@H](c3ccc(C(=O)O)cc3)C2)n1. The molecule has 1 aliphatic rings. The van der Waals surface area contributed by atoms with Gasteiger partial charge in [-0.05, 0) is 43.0 Å². The molecule has 7 nitrogen and oxygen atoms in total. The molecule has 1 fully saturated rings. The number of hydrogen-bond acceptors (Lipinski definition) is 6. The molecular weight excluding hydrogens is 322 g/mol. The van der Waals surface area contributed by atoms with E-state index in [2.05, 4.69) is 15.0 Å². The van der Waals surface area contributed by atoms with Crippen LogP contribution < -0.4 is 0 Å². The van der Waals surface area contributed by atoms with Crippen molar-refractivity contribution in [3.63, 3.8) is 0 Å². The van der Waals surface area contributed by atoms with Gasteiger partial charge in [-0.2, -0.15) is 4.98 Å². The Labute approximate surface area is 146 Å². The Kier molecular flexibility index (Phi) is 5.78. The van der Waals surface area contributed by atoms with Crippen molar-refractivity contribution in [2.24, 2.45) is 0 Å². The number of piperidine rings is 1. The lowest BCUT2D eigenvalue weighted by Gasteiger charge is -2.32. The van der Waals surface area contributed by atoms with Crippen LogP contribution in [0.15, 0.2) is 28.8 Å². The Morgan fingerprint density at radius 1 is 1.40 bits per heavy atom. The normalized spacial score (nSPS) is 18.4. The molecule has 0 radical (unpaired) electrons. The zero-order valence-electron chi connectivity index (χ0n) is 14.4. The number of methoxy groups -OCH3 is 1. The first kappa shape index (κ1) is 17.6. The highest BCUT2D eigenvalue weighted by Gasteiger charge is 2.23. The van der Waals surface area contributed by atoms with Gasteiger partial charge in [-0.15, -0.1) is 0 Å². The molecule has 0 amide bonds. The number of aromatic nitrogens is 2. The standard InChI is InChI=1S/C18H23N3O4/c1-24-10-8-16-19-17(25-20-16)12-21-9-2-3-15(11-21)13-4-6-14(7-5-13)18(22)23/h4-7,15H,2-3,8-12H2,1H3,(H,22,23)/t15-/m0/s1. The fraction of sp³-hybridized carbons (Fsp3) is 0.500. The molecule has 1 N–H and O–H groups in total. The van der Waals surface area contributed by atoms with Crippen LogP contribution in [0.1, 0.15) is 46.4 Å². The highest BCUT2D eigenvalue weighted by molar-refractivity contribution is 5.87. The number of ether oxygens (including phenoxy) is 1. The fourth-order valence-corrected chi connectivity index (χ4v) is 3.21. The van der Waals surface area contributed by atoms with E-state index in [0.717, 1.165) is 25.9 Å². The van der Waals surface area contributed by atoms with Crippen LogP contribution in [-0.4, -0.2) is 52.9 Å². The molecule has 25 heavy (non-hydrogen) atoms. The number of carboxylic acids is 1. The second-order valence-electron chi connectivity index (χ2n) is 6.35. The van der Waals surface area contributed by atoms with Gasteiger partial charge < -0.3 is 14.4 Å². The summed E-state index contributed by atoms with van der Waals surface area (Å²) in [5, 5.41) is 13.0. The van der Waals surface area contributed by atoms with Crippen molar-refractivity contribution in [1.82, 2.24) is 15.0 Å². The number of likely N-dealkylation sites (tertiary alicyclic amines) is 1. The van der Waals surface area contributed by atoms with Gasteiger partial charge in [-0.1, -0.05) is 17.3 Å². The first-order valence-electron chi connectivity index (χ1n) is 8.51. The number of aromatic carboxylic acids is 1. The van der Waals surface area contributed by atoms with Crippen LogP contribution in [0, 0.1) is 0 Å². The van der Waals surface area contributed by atoms with Gasteiger partial charge in [0.1, 0.15) is 0 Å². The quantitative estimate of drug-likeness (QED) is 0.824. The molecule has 1 atom stereocenters. The lowest BCUT2D eigenvalue weighted by molar-refractivity contribution is 0.0697. The van der Waals surface area contributed by atoms with E-state index < -0.39 is 5.97 Å². The number of hydrogen-bond donors (Lipinski definition) is 1. The lowest BCUT2D eigenvalue weighted by Crippen LogP contribution is -2.34. The molecule has 134 valence electrons. The van der Waals surface area contributed by atoms with Crippen LogP contribution in [0.25, 0.3) is 0 Å². The number of carbonyl (C=O) groups is 1. The maximum atomic E-state index is 11.0. The number of rotatable bonds is 7. The summed E-state index contributed by atoms with van der Waals surface area (Å²) in [5.41, 5.74) is 1.51. The summed E-state index contributed by atoms with van der Waals surface area (Å²) in [4.78, 5) is 17.7. The zero-order valence-corrected chi connectivity index (χ0v) is 14.4. The van der Waals surface area contributed by atoms with Crippen molar-refractivity contribution >= 4 is 5.97 Å². The molecule has 0 saturated carbocycles. The van der Waals surface area contributed by atoms with Gasteiger partial charge in [0.05, 0.1) is 18.7 Å². The van der Waals surface area contributed by atoms with Crippen LogP contribution >= 0.6 is 0 Å². The Balaban J connectivity index is 1.59. The molecule has 1 aromatic carbocycles. The van der Waals surface area contributed by atoms with Gasteiger partial charge in [0, 0.05) is 20.1 Å². The Morgan fingerprint density at radius 2 is 2.20 bits per heavy atom. The maximum Gasteiger partial charge on any atom is 0.335 e. The minimum Gasteiger partial charge on any atom is -0.478 e. The molecule has 0 aliphatic carbocycles. The van der Waals surface area contributed by atoms with Gasteiger partial charge in [-0.25, -0.2) is 4.79 Å². The third-order valence-electron chi connectivity index (χ3n) is 4.53. The van der Waals surface area contributed by atoms with Gasteiger partial charge in [0.15, 0.2) is 5.82 Å². The predicted molar refractivity (Wildman–Crippen MR) is 90.5 cm³/mol. The van der Waals surface area contributed by atoms with Crippen molar-refractivity contribution < 1.29 is 19.2 Å². The topological polar surface area (TPSA) is 88.7 Å². The van der Waals surface area contributed by atoms with Crippen LogP contribution in [0.5, 0.6) is 0 Å². The number of benzene rings is 1. The molecule has 0 unspecified atom stereocenters. The first-order chi connectivity index (χ1) is 12.2. The van der Waals surface area contributed by atoms with Gasteiger partial charge in [0.25, 0.3) is 0 Å². The molecule has 0 spiro atoms. The molecular formula is C18H23N3O4. The molecule has 7 heteroatoms. The molecule has 3 rings (SSSR count). The van der Waals surface area contributed by atoms with E-state index in [1.807, 2.05) is 12.1 Å². The highest BCUT2D eigenvalue weighted by atomic mass is 16.5. The highest BCUT2D eigenvalue weighted by Crippen LogP contribution is 2.27. The van der Waals surface area contributed by atoms with Crippen molar-refractivity contribution in [2.45, 2.75) is 31.7 Å². The average molecular weight is 345 g/mol. The molecule has 2 aromatic rings. The molecule has 1 aromatic heterocycles. The third-order valence-corrected chi connectivity index (χ3v) is 4.53. The predicted octanol–water partition coefficient (Wildman–Crippen LogP) is 2.34. The second kappa shape index (κ2) is 8.22. The monoisotopic (exact) mass is 345 g/mol. The van der Waals surface area contributed by atoms with Crippen molar-refractivity contribution in [1.29, 1.82) is 0 Å². The van der Waals surface area contributed by atoms with E-state index in [0.29, 0.717) is 42.8 Å². The lowest BCUT2D eigenvalue weighted by atomic mass is 9.90. The number of carboxylic acid groups (broad SMARTS) is 1. The summed E-state index contributed by atoms with van der Waals surface area (Å²) in [5.74, 6) is 0.813. The van der Waals surface area contributed by atoms with E-state index >= 15 is 0 Å². The Bertz CT molecular complexity index is 699. The van der Waals surface area contributed by atoms with E-state index in [-0.39, 0.29) is 0 Å². The minimum atomic E-state index is -0.891. The molecule has 2 heterocycles. The Hall–Kier alpha value is -2.25.